The lowest BCUT2D eigenvalue weighted by Gasteiger charge is -2.21. The minimum atomic E-state index is -0.448. The van der Waals surface area contributed by atoms with Gasteiger partial charge in [0.2, 0.25) is 5.91 Å². The van der Waals surface area contributed by atoms with Crippen LogP contribution in [0.2, 0.25) is 0 Å². The van der Waals surface area contributed by atoms with Crippen molar-refractivity contribution < 1.29 is 9.72 Å². The van der Waals surface area contributed by atoms with E-state index in [1.807, 2.05) is 79.1 Å². The normalized spacial score (nSPS) is 11.9. The van der Waals surface area contributed by atoms with Crippen LogP contribution in [0, 0.1) is 16.0 Å². The molecule has 1 amide bonds. The molecule has 0 fully saturated rings. The number of hydrogen-bond donors (Lipinski definition) is 1. The molecule has 4 aromatic rings. The van der Waals surface area contributed by atoms with Gasteiger partial charge in [0.15, 0.2) is 11.0 Å². The molecule has 184 valence electrons. The van der Waals surface area contributed by atoms with Crippen LogP contribution in [0.25, 0.3) is 5.69 Å². The molecule has 0 radical (unpaired) electrons. The van der Waals surface area contributed by atoms with E-state index >= 15 is 0 Å². The number of aromatic nitrogens is 3. The number of carbonyl (C=O) groups is 1. The monoisotopic (exact) mass is 501 g/mol. The van der Waals surface area contributed by atoms with Gasteiger partial charge in [-0.1, -0.05) is 86.3 Å². The third kappa shape index (κ3) is 6.17. The third-order valence-corrected chi connectivity index (χ3v) is 6.62. The van der Waals surface area contributed by atoms with Crippen molar-refractivity contribution in [2.75, 3.05) is 0 Å². The lowest BCUT2D eigenvalue weighted by Crippen LogP contribution is -2.34. The summed E-state index contributed by atoms with van der Waals surface area (Å²) >= 11 is 1.52. The number of nitrogens with one attached hydrogen (secondary N) is 1. The summed E-state index contributed by atoms with van der Waals surface area (Å²) in [4.78, 5) is 23.5. The van der Waals surface area contributed by atoms with Gasteiger partial charge in [-0.15, -0.1) is 10.2 Å². The lowest BCUT2D eigenvalue weighted by molar-refractivity contribution is -0.384. The first-order chi connectivity index (χ1) is 17.4. The Kier molecular flexibility index (Phi) is 8.12. The standard InChI is InChI=1S/C27H27N5O3S/c1-19(2)26(33)28-24(17-20-9-5-3-6-10-20)25-29-30-27(36-18-21-11-7-4-8-12-21)31(25)22-13-15-23(16-14-22)32(34)35/h3-16,19,24H,17-18H2,1-2H3,(H,28,33). The summed E-state index contributed by atoms with van der Waals surface area (Å²) in [6.45, 7) is 3.69. The van der Waals surface area contributed by atoms with Crippen molar-refractivity contribution in [3.8, 4) is 5.69 Å². The second-order valence-electron chi connectivity index (χ2n) is 8.63. The summed E-state index contributed by atoms with van der Waals surface area (Å²) in [7, 11) is 0. The first-order valence-electron chi connectivity index (χ1n) is 11.6. The quantitative estimate of drug-likeness (QED) is 0.174. The minimum absolute atomic E-state index is 0.000749. The number of nitrogens with zero attached hydrogens (tertiary/aromatic N) is 4. The molecule has 0 aliphatic heterocycles. The van der Waals surface area contributed by atoms with E-state index in [1.165, 1.54) is 23.9 Å². The predicted octanol–water partition coefficient (Wildman–Crippen LogP) is 5.52. The van der Waals surface area contributed by atoms with Crippen molar-refractivity contribution in [2.45, 2.75) is 37.2 Å². The van der Waals surface area contributed by atoms with Crippen LogP contribution in [-0.2, 0) is 17.0 Å². The van der Waals surface area contributed by atoms with Gasteiger partial charge < -0.3 is 5.32 Å². The fourth-order valence-electron chi connectivity index (χ4n) is 3.68. The molecule has 1 atom stereocenters. The molecule has 8 nitrogen and oxygen atoms in total. The molecule has 1 aromatic heterocycles. The minimum Gasteiger partial charge on any atom is -0.345 e. The number of nitro benzene ring substituents is 1. The predicted molar refractivity (Wildman–Crippen MR) is 140 cm³/mol. The van der Waals surface area contributed by atoms with Crippen molar-refractivity contribution in [1.82, 2.24) is 20.1 Å². The van der Waals surface area contributed by atoms with Crippen LogP contribution in [0.1, 0.15) is 36.8 Å². The van der Waals surface area contributed by atoms with Crippen LogP contribution < -0.4 is 5.32 Å². The van der Waals surface area contributed by atoms with E-state index < -0.39 is 11.0 Å². The number of non-ortho nitro benzene ring substituents is 1. The van der Waals surface area contributed by atoms with Gasteiger partial charge in [0.1, 0.15) is 0 Å². The van der Waals surface area contributed by atoms with E-state index in [0.29, 0.717) is 28.8 Å². The zero-order valence-corrected chi connectivity index (χ0v) is 20.9. The maximum absolute atomic E-state index is 12.8. The van der Waals surface area contributed by atoms with Crippen molar-refractivity contribution in [2.24, 2.45) is 5.92 Å². The van der Waals surface area contributed by atoms with Gasteiger partial charge in [0.25, 0.3) is 5.69 Å². The SMILES string of the molecule is CC(C)C(=O)NC(Cc1ccccc1)c1nnc(SCc2ccccc2)n1-c1ccc([N+](=O)[O-])cc1. The van der Waals surface area contributed by atoms with Crippen LogP contribution in [0.3, 0.4) is 0 Å². The summed E-state index contributed by atoms with van der Waals surface area (Å²) in [6.07, 6.45) is 0.522. The van der Waals surface area contributed by atoms with Crippen molar-refractivity contribution in [3.05, 3.63) is 112 Å². The molecule has 0 spiro atoms. The highest BCUT2D eigenvalue weighted by atomic mass is 32.2. The number of benzene rings is 3. The largest absolute Gasteiger partial charge is 0.345 e. The summed E-state index contributed by atoms with van der Waals surface area (Å²) in [6, 6.07) is 25.7. The van der Waals surface area contributed by atoms with Crippen LogP contribution in [0.15, 0.2) is 90.1 Å². The van der Waals surface area contributed by atoms with Crippen LogP contribution in [0.4, 0.5) is 5.69 Å². The maximum atomic E-state index is 12.8. The van der Waals surface area contributed by atoms with E-state index in [0.717, 1.165) is 11.1 Å². The topological polar surface area (TPSA) is 103 Å². The first kappa shape index (κ1) is 25.1. The molecule has 0 bridgehead atoms. The highest BCUT2D eigenvalue weighted by Crippen LogP contribution is 2.30. The third-order valence-electron chi connectivity index (χ3n) is 5.62. The smallest absolute Gasteiger partial charge is 0.269 e. The van der Waals surface area contributed by atoms with Gasteiger partial charge in [-0.3, -0.25) is 19.5 Å². The number of thioether (sulfide) groups is 1. The Balaban J connectivity index is 1.75. The molecule has 4 rings (SSSR count). The molecular weight excluding hydrogens is 474 g/mol. The van der Waals surface area contributed by atoms with Gasteiger partial charge >= 0.3 is 0 Å². The van der Waals surface area contributed by atoms with Crippen molar-refractivity contribution >= 4 is 23.4 Å². The summed E-state index contributed by atoms with van der Waals surface area (Å²) in [5.74, 6) is 0.948. The first-order valence-corrected chi connectivity index (χ1v) is 12.6. The molecule has 0 saturated carbocycles. The zero-order chi connectivity index (χ0) is 25.5. The molecule has 9 heteroatoms. The molecule has 0 aliphatic rings. The Hall–Kier alpha value is -3.98. The Bertz CT molecular complexity index is 1310. The van der Waals surface area contributed by atoms with Gasteiger partial charge in [-0.05, 0) is 29.7 Å². The molecule has 1 unspecified atom stereocenters. The molecule has 1 N–H and O–H groups in total. The van der Waals surface area contributed by atoms with Crippen LogP contribution >= 0.6 is 11.8 Å². The van der Waals surface area contributed by atoms with E-state index in [2.05, 4.69) is 15.5 Å². The van der Waals surface area contributed by atoms with Crippen molar-refractivity contribution in [1.29, 1.82) is 0 Å². The maximum Gasteiger partial charge on any atom is 0.269 e. The Morgan fingerprint density at radius 3 is 2.14 bits per heavy atom. The van der Waals surface area contributed by atoms with Gasteiger partial charge in [0.05, 0.1) is 11.0 Å². The molecule has 1 heterocycles. The molecule has 3 aromatic carbocycles. The summed E-state index contributed by atoms with van der Waals surface area (Å²) in [5, 5.41) is 24.0. The Morgan fingerprint density at radius 1 is 0.944 bits per heavy atom. The average Bonchev–Trinajstić information content (AvgIpc) is 3.32. The second kappa shape index (κ2) is 11.6. The van der Waals surface area contributed by atoms with Crippen molar-refractivity contribution in [3.63, 3.8) is 0 Å². The van der Waals surface area contributed by atoms with Crippen LogP contribution in [0.5, 0.6) is 0 Å². The Morgan fingerprint density at radius 2 is 1.56 bits per heavy atom. The fourth-order valence-corrected chi connectivity index (χ4v) is 4.60. The molecule has 36 heavy (non-hydrogen) atoms. The van der Waals surface area contributed by atoms with E-state index in [4.69, 9.17) is 0 Å². The number of carbonyl (C=O) groups excluding carboxylic acids is 1. The Labute approximate surface area is 213 Å². The number of amides is 1. The zero-order valence-electron chi connectivity index (χ0n) is 20.1. The van der Waals surface area contributed by atoms with Gasteiger partial charge in [0, 0.05) is 29.5 Å². The van der Waals surface area contributed by atoms with Crippen LogP contribution in [-0.4, -0.2) is 25.6 Å². The number of hydrogen-bond acceptors (Lipinski definition) is 6. The summed E-state index contributed by atoms with van der Waals surface area (Å²) < 4.78 is 1.88. The van der Waals surface area contributed by atoms with E-state index in [1.54, 1.807) is 12.1 Å². The van der Waals surface area contributed by atoms with Gasteiger partial charge in [-0.2, -0.15) is 0 Å². The lowest BCUT2D eigenvalue weighted by atomic mass is 10.0. The number of nitro groups is 1. The average molecular weight is 502 g/mol. The highest BCUT2D eigenvalue weighted by Gasteiger charge is 2.26. The molecular formula is C27H27N5O3S. The van der Waals surface area contributed by atoms with E-state index in [9.17, 15) is 14.9 Å². The highest BCUT2D eigenvalue weighted by molar-refractivity contribution is 7.98. The summed E-state index contributed by atoms with van der Waals surface area (Å²) in [5.41, 5.74) is 2.87. The van der Waals surface area contributed by atoms with E-state index in [-0.39, 0.29) is 17.5 Å². The molecule has 0 aliphatic carbocycles. The second-order valence-corrected chi connectivity index (χ2v) is 9.57. The van der Waals surface area contributed by atoms with Gasteiger partial charge in [-0.25, -0.2) is 0 Å². The number of rotatable bonds is 10. The molecule has 0 saturated heterocycles. The fraction of sp³-hybridized carbons (Fsp3) is 0.222.